The van der Waals surface area contributed by atoms with E-state index in [2.05, 4.69) is 76.1 Å². The lowest BCUT2D eigenvalue weighted by Crippen LogP contribution is -2.29. The fraction of sp³-hybridized carbons (Fsp3) is 0.208. The molecule has 0 fully saturated rings. The minimum absolute atomic E-state index is 0.0345. The number of hydrogen-bond acceptors (Lipinski definition) is 6. The minimum Gasteiger partial charge on any atom is -0.318 e. The van der Waals surface area contributed by atoms with Crippen molar-refractivity contribution in [1.29, 1.82) is 0 Å². The maximum atomic E-state index is 12.7. The fourth-order valence-corrected chi connectivity index (χ4v) is 3.90. The molecule has 0 radical (unpaired) electrons. The first-order chi connectivity index (χ1) is 15.4. The predicted octanol–water partition coefficient (Wildman–Crippen LogP) is 3.92. The first kappa shape index (κ1) is 19.9. The van der Waals surface area contributed by atoms with Gasteiger partial charge in [-0.3, -0.25) is 4.79 Å². The first-order valence-electron chi connectivity index (χ1n) is 10.4. The van der Waals surface area contributed by atoms with Crippen LogP contribution in [0.3, 0.4) is 0 Å². The zero-order chi connectivity index (χ0) is 22.3. The van der Waals surface area contributed by atoms with Crippen LogP contribution in [0.4, 0.5) is 11.6 Å². The lowest BCUT2D eigenvalue weighted by atomic mass is 9.85. The number of nitrogens with one attached hydrogen (secondary N) is 2. The second kappa shape index (κ2) is 7.56. The monoisotopic (exact) mass is 425 g/mol. The van der Waals surface area contributed by atoms with Crippen LogP contribution >= 0.6 is 0 Å². The molecule has 1 aliphatic rings. The third kappa shape index (κ3) is 3.49. The van der Waals surface area contributed by atoms with Crippen LogP contribution in [0.15, 0.2) is 59.4 Å². The summed E-state index contributed by atoms with van der Waals surface area (Å²) in [6, 6.07) is 17.9. The molecule has 8 heteroatoms. The number of H-pyrrole nitrogens is 1. The molecule has 3 heterocycles. The van der Waals surface area contributed by atoms with E-state index < -0.39 is 6.04 Å². The van der Waals surface area contributed by atoms with Crippen molar-refractivity contribution in [3.05, 3.63) is 92.9 Å². The van der Waals surface area contributed by atoms with Crippen molar-refractivity contribution in [3.63, 3.8) is 0 Å². The second-order valence-corrected chi connectivity index (χ2v) is 8.82. The Kier molecular flexibility index (Phi) is 4.70. The molecule has 1 aliphatic heterocycles. The second-order valence-electron chi connectivity index (χ2n) is 8.82. The molecule has 4 aromatic rings. The maximum Gasteiger partial charge on any atom is 0.288 e. The number of aromatic amines is 1. The average Bonchev–Trinajstić information content (AvgIpc) is 3.26. The highest BCUT2D eigenvalue weighted by molar-refractivity contribution is 5.75. The topological polar surface area (TPSA) is 101 Å². The molecular weight excluding hydrogens is 402 g/mol. The summed E-state index contributed by atoms with van der Waals surface area (Å²) in [6.07, 6.45) is 3.87. The third-order valence-corrected chi connectivity index (χ3v) is 5.62. The summed E-state index contributed by atoms with van der Waals surface area (Å²) in [7, 11) is 0. The number of rotatable bonds is 3. The van der Waals surface area contributed by atoms with Gasteiger partial charge in [0, 0.05) is 5.56 Å². The molecule has 0 saturated carbocycles. The predicted molar refractivity (Wildman–Crippen MR) is 124 cm³/mol. The largest absolute Gasteiger partial charge is 0.318 e. The van der Waals surface area contributed by atoms with Crippen LogP contribution in [-0.2, 0) is 5.41 Å². The van der Waals surface area contributed by atoms with E-state index in [1.165, 1.54) is 5.56 Å². The smallest absolute Gasteiger partial charge is 0.288 e. The lowest BCUT2D eigenvalue weighted by Gasteiger charge is -2.28. The van der Waals surface area contributed by atoms with Crippen molar-refractivity contribution >= 4 is 23.8 Å². The number of hydrogen-bond donors (Lipinski definition) is 2. The van der Waals surface area contributed by atoms with Gasteiger partial charge in [-0.25, -0.2) is 5.10 Å². The van der Waals surface area contributed by atoms with Crippen LogP contribution in [0, 0.1) is 0 Å². The molecule has 0 aliphatic carbocycles. The SMILES string of the molecule is CC(C)(C)c1ccc([C@@H]2c3c(/C=C/c4ccccc4)n[nH]c(=O)c3Nc3nnnn32)cc1. The Labute approximate surface area is 185 Å². The summed E-state index contributed by atoms with van der Waals surface area (Å²) in [5.41, 5.74) is 4.71. The van der Waals surface area contributed by atoms with Gasteiger partial charge < -0.3 is 5.32 Å². The molecule has 2 aromatic carbocycles. The molecule has 0 bridgehead atoms. The van der Waals surface area contributed by atoms with Crippen LogP contribution in [0.1, 0.15) is 54.8 Å². The Morgan fingerprint density at radius 2 is 1.75 bits per heavy atom. The van der Waals surface area contributed by atoms with E-state index in [0.29, 0.717) is 17.3 Å². The van der Waals surface area contributed by atoms with Crippen LogP contribution in [0.25, 0.3) is 12.2 Å². The average molecular weight is 425 g/mol. The number of nitrogens with zero attached hydrogens (tertiary/aromatic N) is 5. The van der Waals surface area contributed by atoms with Gasteiger partial charge in [0.15, 0.2) is 0 Å². The number of benzene rings is 2. The van der Waals surface area contributed by atoms with Gasteiger partial charge in [0.05, 0.1) is 5.69 Å². The van der Waals surface area contributed by atoms with Gasteiger partial charge in [0.1, 0.15) is 11.7 Å². The molecule has 1 atom stereocenters. The Morgan fingerprint density at radius 3 is 2.47 bits per heavy atom. The van der Waals surface area contributed by atoms with Crippen molar-refractivity contribution in [2.24, 2.45) is 0 Å². The zero-order valence-corrected chi connectivity index (χ0v) is 18.1. The van der Waals surface area contributed by atoms with E-state index in [0.717, 1.165) is 16.7 Å². The van der Waals surface area contributed by atoms with Crippen molar-refractivity contribution in [1.82, 2.24) is 30.4 Å². The van der Waals surface area contributed by atoms with E-state index in [1.54, 1.807) is 4.68 Å². The number of anilines is 2. The normalized spacial score (nSPS) is 15.3. The minimum atomic E-state index is -0.393. The molecule has 32 heavy (non-hydrogen) atoms. The van der Waals surface area contributed by atoms with Crippen molar-refractivity contribution < 1.29 is 0 Å². The Morgan fingerprint density at radius 1 is 1.00 bits per heavy atom. The third-order valence-electron chi connectivity index (χ3n) is 5.62. The van der Waals surface area contributed by atoms with Gasteiger partial charge in [-0.2, -0.15) is 9.78 Å². The number of tetrazole rings is 1. The highest BCUT2D eigenvalue weighted by Gasteiger charge is 2.33. The molecule has 0 unspecified atom stereocenters. The Hall–Kier alpha value is -4.07. The standard InChI is InChI=1S/C24H23N7O/c1-24(2,3)17-12-10-16(11-13-17)21-19-18(14-9-15-7-5-4-6-8-15)26-27-22(32)20(19)25-23-28-29-30-31(21)23/h4-14,21H,1-3H3,(H,27,32)(H,25,28,30)/b14-9+/t21-/m1/s1. The molecular formula is C24H23N7O. The van der Waals surface area contributed by atoms with Gasteiger partial charge in [-0.05, 0) is 38.6 Å². The molecule has 160 valence electrons. The lowest BCUT2D eigenvalue weighted by molar-refractivity contribution is 0.562. The van der Waals surface area contributed by atoms with Crippen LogP contribution in [-0.4, -0.2) is 30.4 Å². The molecule has 0 saturated heterocycles. The van der Waals surface area contributed by atoms with Crippen molar-refractivity contribution in [2.45, 2.75) is 32.2 Å². The van der Waals surface area contributed by atoms with E-state index in [9.17, 15) is 4.79 Å². The van der Waals surface area contributed by atoms with Gasteiger partial charge in [-0.1, -0.05) is 86.5 Å². The Balaban J connectivity index is 1.67. The summed E-state index contributed by atoms with van der Waals surface area (Å²) in [4.78, 5) is 12.7. The van der Waals surface area contributed by atoms with Gasteiger partial charge in [0.25, 0.3) is 5.56 Å². The highest BCUT2D eigenvalue weighted by Crippen LogP contribution is 2.38. The fourth-order valence-electron chi connectivity index (χ4n) is 3.90. The maximum absolute atomic E-state index is 12.7. The quantitative estimate of drug-likeness (QED) is 0.454. The van der Waals surface area contributed by atoms with Gasteiger partial charge in [-0.15, -0.1) is 0 Å². The number of fused-ring (bicyclic) bond motifs is 2. The summed E-state index contributed by atoms with van der Waals surface area (Å²) in [5, 5.41) is 22.1. The van der Waals surface area contributed by atoms with Gasteiger partial charge >= 0.3 is 0 Å². The molecule has 2 aromatic heterocycles. The number of aromatic nitrogens is 6. The van der Waals surface area contributed by atoms with E-state index in [-0.39, 0.29) is 11.0 Å². The molecule has 8 nitrogen and oxygen atoms in total. The van der Waals surface area contributed by atoms with Crippen molar-refractivity contribution in [3.8, 4) is 0 Å². The van der Waals surface area contributed by atoms with Crippen LogP contribution in [0.5, 0.6) is 0 Å². The summed E-state index contributed by atoms with van der Waals surface area (Å²) in [5.74, 6) is 0.414. The van der Waals surface area contributed by atoms with E-state index >= 15 is 0 Å². The van der Waals surface area contributed by atoms with Crippen molar-refractivity contribution in [2.75, 3.05) is 5.32 Å². The van der Waals surface area contributed by atoms with E-state index in [1.807, 2.05) is 42.5 Å². The van der Waals surface area contributed by atoms with Crippen LogP contribution in [0.2, 0.25) is 0 Å². The Bertz CT molecular complexity index is 1350. The molecule has 0 spiro atoms. The molecule has 5 rings (SSSR count). The van der Waals surface area contributed by atoms with Gasteiger partial charge in [0.2, 0.25) is 5.95 Å². The summed E-state index contributed by atoms with van der Waals surface area (Å²) >= 11 is 0. The summed E-state index contributed by atoms with van der Waals surface area (Å²) < 4.78 is 1.69. The molecule has 2 N–H and O–H groups in total. The molecule has 0 amide bonds. The summed E-state index contributed by atoms with van der Waals surface area (Å²) in [6.45, 7) is 6.53. The zero-order valence-electron chi connectivity index (χ0n) is 18.1. The first-order valence-corrected chi connectivity index (χ1v) is 10.4. The van der Waals surface area contributed by atoms with Crippen LogP contribution < -0.4 is 10.9 Å². The van der Waals surface area contributed by atoms with E-state index in [4.69, 9.17) is 0 Å². The highest BCUT2D eigenvalue weighted by atomic mass is 16.1.